The molecule has 0 aromatic carbocycles. The Kier molecular flexibility index (Phi) is 3.14. The predicted octanol–water partition coefficient (Wildman–Crippen LogP) is 1.71. The minimum Gasteiger partial charge on any atom is -0.392 e. The van der Waals surface area contributed by atoms with Gasteiger partial charge in [0.15, 0.2) is 5.79 Å². The minimum atomic E-state index is -0.328. The molecule has 0 bridgehead atoms. The zero-order valence-corrected chi connectivity index (χ0v) is 9.53. The molecule has 86 valence electrons. The molecule has 0 aromatic heterocycles. The monoisotopic (exact) mass is 212 g/mol. The number of hydrogen-bond acceptors (Lipinski definition) is 3. The third-order valence-electron chi connectivity index (χ3n) is 3.51. The Balaban J connectivity index is 2.12. The van der Waals surface area contributed by atoms with Crippen LogP contribution in [0.25, 0.3) is 0 Å². The number of aliphatic hydroxyl groups is 1. The van der Waals surface area contributed by atoms with Crippen LogP contribution in [0.15, 0.2) is 11.6 Å². The van der Waals surface area contributed by atoms with E-state index in [-0.39, 0.29) is 12.4 Å². The van der Waals surface area contributed by atoms with Crippen molar-refractivity contribution in [2.24, 2.45) is 11.8 Å². The molecule has 2 atom stereocenters. The van der Waals surface area contributed by atoms with Gasteiger partial charge in [-0.2, -0.15) is 0 Å². The molecule has 0 unspecified atom stereocenters. The third-order valence-corrected chi connectivity index (χ3v) is 3.51. The lowest BCUT2D eigenvalue weighted by Gasteiger charge is -2.40. The van der Waals surface area contributed by atoms with Gasteiger partial charge >= 0.3 is 0 Å². The molecule has 1 spiro atoms. The molecular formula is C12H20O3. The summed E-state index contributed by atoms with van der Waals surface area (Å²) in [6.45, 7) is 5.95. The summed E-state index contributed by atoms with van der Waals surface area (Å²) in [5.74, 6) is 0.559. The molecule has 2 aliphatic rings. The highest BCUT2D eigenvalue weighted by Crippen LogP contribution is 2.44. The molecule has 2 fully saturated rings. The van der Waals surface area contributed by atoms with E-state index in [1.165, 1.54) is 5.57 Å². The van der Waals surface area contributed by atoms with Crippen molar-refractivity contribution in [2.45, 2.75) is 32.5 Å². The standard InChI is InChI=1S/C12H20O3/c1-9-7-12(14-5-6-15-12)8-10(2)11(9)3-4-13/h3,9-10,13H,4-8H2,1-2H3/t9-,10+. The van der Waals surface area contributed by atoms with E-state index in [1.54, 1.807) is 0 Å². The van der Waals surface area contributed by atoms with Crippen LogP contribution in [-0.4, -0.2) is 30.7 Å². The molecule has 1 aliphatic heterocycles. The maximum Gasteiger partial charge on any atom is 0.169 e. The van der Waals surface area contributed by atoms with Crippen LogP contribution < -0.4 is 0 Å². The van der Waals surface area contributed by atoms with Gasteiger partial charge in [0.25, 0.3) is 0 Å². The summed E-state index contributed by atoms with van der Waals surface area (Å²) in [6, 6.07) is 0. The number of allylic oxidation sites excluding steroid dienone is 1. The van der Waals surface area contributed by atoms with E-state index < -0.39 is 0 Å². The maximum absolute atomic E-state index is 8.97. The molecule has 3 heteroatoms. The Labute approximate surface area is 91.1 Å². The lowest BCUT2D eigenvalue weighted by atomic mass is 9.75. The highest BCUT2D eigenvalue weighted by Gasteiger charge is 2.44. The van der Waals surface area contributed by atoms with Crippen molar-refractivity contribution >= 4 is 0 Å². The largest absolute Gasteiger partial charge is 0.392 e. The maximum atomic E-state index is 8.97. The van der Waals surface area contributed by atoms with Crippen molar-refractivity contribution in [3.63, 3.8) is 0 Å². The number of rotatable bonds is 1. The van der Waals surface area contributed by atoms with Crippen LogP contribution >= 0.6 is 0 Å². The van der Waals surface area contributed by atoms with E-state index >= 15 is 0 Å². The van der Waals surface area contributed by atoms with Crippen molar-refractivity contribution in [3.8, 4) is 0 Å². The first-order chi connectivity index (χ1) is 7.17. The van der Waals surface area contributed by atoms with E-state index in [4.69, 9.17) is 14.6 Å². The molecule has 1 heterocycles. The second-order valence-corrected chi connectivity index (χ2v) is 4.70. The fourth-order valence-corrected chi connectivity index (χ4v) is 2.98. The van der Waals surface area contributed by atoms with Gasteiger partial charge in [-0.3, -0.25) is 0 Å². The van der Waals surface area contributed by atoms with Crippen molar-refractivity contribution in [3.05, 3.63) is 11.6 Å². The summed E-state index contributed by atoms with van der Waals surface area (Å²) < 4.78 is 11.5. The van der Waals surface area contributed by atoms with Gasteiger partial charge in [-0.1, -0.05) is 25.5 Å². The summed E-state index contributed by atoms with van der Waals surface area (Å²) in [7, 11) is 0. The molecule has 0 radical (unpaired) electrons. The average Bonchev–Trinajstić information content (AvgIpc) is 2.60. The van der Waals surface area contributed by atoms with Crippen molar-refractivity contribution in [1.29, 1.82) is 0 Å². The summed E-state index contributed by atoms with van der Waals surface area (Å²) in [6.07, 6.45) is 3.78. The minimum absolute atomic E-state index is 0.138. The Morgan fingerprint density at radius 3 is 2.27 bits per heavy atom. The van der Waals surface area contributed by atoms with Gasteiger partial charge in [0, 0.05) is 12.8 Å². The Morgan fingerprint density at radius 2 is 1.80 bits per heavy atom. The first-order valence-electron chi connectivity index (χ1n) is 5.75. The van der Waals surface area contributed by atoms with Crippen molar-refractivity contribution < 1.29 is 14.6 Å². The van der Waals surface area contributed by atoms with Crippen LogP contribution in [0.4, 0.5) is 0 Å². The summed E-state index contributed by atoms with van der Waals surface area (Å²) in [5, 5.41) is 8.97. The zero-order valence-electron chi connectivity index (χ0n) is 9.53. The highest BCUT2D eigenvalue weighted by atomic mass is 16.7. The molecule has 1 aliphatic carbocycles. The molecule has 0 amide bonds. The SMILES string of the molecule is C[C@@H]1CC2(C[C@H](C)C1=CCO)OCCO2. The lowest BCUT2D eigenvalue weighted by molar-refractivity contribution is -0.186. The number of ether oxygens (including phenoxy) is 2. The van der Waals surface area contributed by atoms with E-state index in [2.05, 4.69) is 13.8 Å². The highest BCUT2D eigenvalue weighted by molar-refractivity contribution is 5.15. The lowest BCUT2D eigenvalue weighted by Crippen LogP contribution is -2.40. The summed E-state index contributed by atoms with van der Waals surface area (Å²) in [4.78, 5) is 0. The van der Waals surface area contributed by atoms with Gasteiger partial charge in [0.2, 0.25) is 0 Å². The fraction of sp³-hybridized carbons (Fsp3) is 0.833. The van der Waals surface area contributed by atoms with Gasteiger partial charge in [-0.25, -0.2) is 0 Å². The Hall–Kier alpha value is -0.380. The van der Waals surface area contributed by atoms with Gasteiger partial charge in [0.05, 0.1) is 19.8 Å². The van der Waals surface area contributed by atoms with E-state index in [9.17, 15) is 0 Å². The van der Waals surface area contributed by atoms with Crippen LogP contribution in [0.3, 0.4) is 0 Å². The van der Waals surface area contributed by atoms with E-state index in [0.717, 1.165) is 26.1 Å². The fourth-order valence-electron chi connectivity index (χ4n) is 2.98. The molecule has 1 saturated heterocycles. The Bertz CT molecular complexity index is 238. The second kappa shape index (κ2) is 4.24. The average molecular weight is 212 g/mol. The molecule has 3 nitrogen and oxygen atoms in total. The summed E-state index contributed by atoms with van der Waals surface area (Å²) in [5.41, 5.74) is 1.35. The van der Waals surface area contributed by atoms with Crippen molar-refractivity contribution in [2.75, 3.05) is 19.8 Å². The number of hydrogen-bond donors (Lipinski definition) is 1. The molecule has 2 rings (SSSR count). The van der Waals surface area contributed by atoms with E-state index in [0.29, 0.717) is 11.8 Å². The van der Waals surface area contributed by atoms with Crippen LogP contribution in [0.2, 0.25) is 0 Å². The quantitative estimate of drug-likeness (QED) is 0.672. The molecule has 15 heavy (non-hydrogen) atoms. The van der Waals surface area contributed by atoms with E-state index in [1.807, 2.05) is 6.08 Å². The molecular weight excluding hydrogens is 192 g/mol. The predicted molar refractivity (Wildman–Crippen MR) is 57.4 cm³/mol. The first-order valence-corrected chi connectivity index (χ1v) is 5.75. The third kappa shape index (κ3) is 2.10. The van der Waals surface area contributed by atoms with Crippen LogP contribution in [0.1, 0.15) is 26.7 Å². The van der Waals surface area contributed by atoms with Gasteiger partial charge in [-0.15, -0.1) is 0 Å². The zero-order chi connectivity index (χ0) is 10.9. The molecule has 0 aromatic rings. The smallest absolute Gasteiger partial charge is 0.169 e. The van der Waals surface area contributed by atoms with Gasteiger partial charge in [0.1, 0.15) is 0 Å². The van der Waals surface area contributed by atoms with Crippen LogP contribution in [0, 0.1) is 11.8 Å². The number of aliphatic hydroxyl groups excluding tert-OH is 1. The summed E-state index contributed by atoms with van der Waals surface area (Å²) >= 11 is 0. The topological polar surface area (TPSA) is 38.7 Å². The first kappa shape index (κ1) is 11.1. The van der Waals surface area contributed by atoms with Gasteiger partial charge < -0.3 is 14.6 Å². The van der Waals surface area contributed by atoms with Crippen LogP contribution in [-0.2, 0) is 9.47 Å². The Morgan fingerprint density at radius 1 is 1.27 bits per heavy atom. The molecule has 1 N–H and O–H groups in total. The van der Waals surface area contributed by atoms with Gasteiger partial charge in [-0.05, 0) is 11.8 Å². The molecule has 1 saturated carbocycles. The van der Waals surface area contributed by atoms with Crippen LogP contribution in [0.5, 0.6) is 0 Å². The van der Waals surface area contributed by atoms with Crippen molar-refractivity contribution in [1.82, 2.24) is 0 Å². The normalized spacial score (nSPS) is 37.7. The second-order valence-electron chi connectivity index (χ2n) is 4.70.